The highest BCUT2D eigenvalue weighted by atomic mass is 35.5. The Morgan fingerprint density at radius 1 is 1.31 bits per heavy atom. The van der Waals surface area contributed by atoms with E-state index in [4.69, 9.17) is 0 Å². The molecule has 0 aromatic heterocycles. The molecule has 2 nitrogen and oxygen atoms in total. The molecule has 0 aromatic rings. The van der Waals surface area contributed by atoms with Crippen molar-refractivity contribution in [2.45, 2.75) is 18.0 Å². The molecule has 0 heterocycles. The number of rotatable bonds is 3. The van der Waals surface area contributed by atoms with Crippen LogP contribution in [-0.2, 0) is 4.79 Å². The first kappa shape index (κ1) is 12.4. The van der Waals surface area contributed by atoms with Gasteiger partial charge in [-0.2, -0.15) is 22.0 Å². The van der Waals surface area contributed by atoms with Crippen LogP contribution in [-0.4, -0.2) is 17.5 Å². The summed E-state index contributed by atoms with van der Waals surface area (Å²) >= 11 is 4.15. The molecule has 0 amide bonds. The Morgan fingerprint density at radius 2 is 1.69 bits per heavy atom. The van der Waals surface area contributed by atoms with Gasteiger partial charge >= 0.3 is 11.6 Å². The largest absolute Gasteiger partial charge is 0.550 e. The van der Waals surface area contributed by atoms with Crippen LogP contribution in [0, 0.1) is 5.92 Å². The van der Waals surface area contributed by atoms with Gasteiger partial charge in [-0.25, -0.2) is 0 Å². The number of hydrogen-bond acceptors (Lipinski definition) is 2. The predicted octanol–water partition coefficient (Wildman–Crippen LogP) is 1.14. The summed E-state index contributed by atoms with van der Waals surface area (Å²) in [4.78, 5) is 9.80. The molecule has 0 N–H and O–H groups in total. The third kappa shape index (κ3) is 4.87. The van der Waals surface area contributed by atoms with E-state index in [0.29, 0.717) is 0 Å². The highest BCUT2D eigenvalue weighted by molar-refractivity contribution is 6.21. The molecule has 13 heavy (non-hydrogen) atoms. The van der Waals surface area contributed by atoms with E-state index >= 15 is 0 Å². The molecule has 0 aromatic carbocycles. The quantitative estimate of drug-likeness (QED) is 0.534. The van der Waals surface area contributed by atoms with E-state index in [-0.39, 0.29) is 0 Å². The molecule has 0 aliphatic rings. The van der Waals surface area contributed by atoms with Gasteiger partial charge in [0.05, 0.1) is 5.97 Å². The summed E-state index contributed by atoms with van der Waals surface area (Å²) < 4.78 is 58.7. The van der Waals surface area contributed by atoms with E-state index in [1.165, 1.54) is 0 Å². The van der Waals surface area contributed by atoms with Gasteiger partial charge in [-0.15, -0.1) is 0 Å². The standard InChI is InChI=1S/C5H4ClF5O2/c6-4(7,8)1-2(3(12)13)5(9,10)11/h2H,1H2,(H,12,13)/p-1. The van der Waals surface area contributed by atoms with Crippen LogP contribution in [0.1, 0.15) is 6.42 Å². The summed E-state index contributed by atoms with van der Waals surface area (Å²) in [5, 5.41) is 5.59. The zero-order valence-corrected chi connectivity index (χ0v) is 6.62. The van der Waals surface area contributed by atoms with Gasteiger partial charge < -0.3 is 9.90 Å². The Balaban J connectivity index is 4.56. The number of alkyl halides is 6. The normalized spacial score (nSPS) is 15.5. The zero-order valence-electron chi connectivity index (χ0n) is 5.87. The van der Waals surface area contributed by atoms with E-state index < -0.39 is 29.9 Å². The van der Waals surface area contributed by atoms with E-state index in [2.05, 4.69) is 11.6 Å². The molecule has 0 radical (unpaired) electrons. The number of carbonyl (C=O) groups excluding carboxylic acids is 1. The molecular formula is C5H3ClF5O2-. The maximum absolute atomic E-state index is 11.8. The van der Waals surface area contributed by atoms with E-state index in [9.17, 15) is 31.9 Å². The lowest BCUT2D eigenvalue weighted by Gasteiger charge is -2.22. The molecule has 0 spiro atoms. The number of hydrogen-bond donors (Lipinski definition) is 0. The molecule has 0 fully saturated rings. The van der Waals surface area contributed by atoms with Crippen molar-refractivity contribution in [1.82, 2.24) is 0 Å². The number of carbonyl (C=O) groups is 1. The first-order valence-electron chi connectivity index (χ1n) is 2.88. The molecule has 0 aliphatic carbocycles. The first-order valence-corrected chi connectivity index (χ1v) is 3.26. The Hall–Kier alpha value is -0.590. The fourth-order valence-electron chi connectivity index (χ4n) is 0.564. The number of halogens is 6. The lowest BCUT2D eigenvalue weighted by atomic mass is 10.1. The van der Waals surface area contributed by atoms with Crippen molar-refractivity contribution < 1.29 is 31.9 Å². The molecule has 1 unspecified atom stereocenters. The third-order valence-corrected chi connectivity index (χ3v) is 1.27. The van der Waals surface area contributed by atoms with Gasteiger partial charge in [-0.05, 0) is 11.6 Å². The molecule has 1 atom stereocenters. The summed E-state index contributed by atoms with van der Waals surface area (Å²) in [6, 6.07) is 0. The second kappa shape index (κ2) is 3.65. The fourth-order valence-corrected chi connectivity index (χ4v) is 0.718. The van der Waals surface area contributed by atoms with Gasteiger partial charge in [0, 0.05) is 6.42 Å². The lowest BCUT2D eigenvalue weighted by Crippen LogP contribution is -2.42. The van der Waals surface area contributed by atoms with Crippen molar-refractivity contribution in [1.29, 1.82) is 0 Å². The van der Waals surface area contributed by atoms with E-state index in [1.807, 2.05) is 0 Å². The summed E-state index contributed by atoms with van der Waals surface area (Å²) in [6.07, 6.45) is -7.31. The van der Waals surface area contributed by atoms with Crippen LogP contribution in [0.4, 0.5) is 22.0 Å². The minimum Gasteiger partial charge on any atom is -0.550 e. The molecule has 0 rings (SSSR count). The van der Waals surface area contributed by atoms with Crippen molar-refractivity contribution in [2.75, 3.05) is 0 Å². The maximum Gasteiger partial charge on any atom is 0.397 e. The van der Waals surface area contributed by atoms with Crippen LogP contribution in [0.15, 0.2) is 0 Å². The van der Waals surface area contributed by atoms with Crippen LogP contribution < -0.4 is 5.11 Å². The van der Waals surface area contributed by atoms with Crippen molar-refractivity contribution in [3.05, 3.63) is 0 Å². The second-order valence-electron chi connectivity index (χ2n) is 2.23. The maximum atomic E-state index is 11.8. The summed E-state index contributed by atoms with van der Waals surface area (Å²) in [5.41, 5.74) is 0. The topological polar surface area (TPSA) is 40.1 Å². The minimum atomic E-state index is -5.28. The molecule has 0 saturated heterocycles. The Morgan fingerprint density at radius 3 is 1.77 bits per heavy atom. The van der Waals surface area contributed by atoms with Crippen molar-refractivity contribution in [3.63, 3.8) is 0 Å². The zero-order chi connectivity index (χ0) is 10.9. The second-order valence-corrected chi connectivity index (χ2v) is 2.79. The minimum absolute atomic E-state index is 2.03. The number of carboxylic acid groups (broad SMARTS) is 1. The van der Waals surface area contributed by atoms with Crippen LogP contribution in [0.2, 0.25) is 0 Å². The highest BCUT2D eigenvalue weighted by Crippen LogP contribution is 2.36. The average molecular weight is 226 g/mol. The van der Waals surface area contributed by atoms with Crippen molar-refractivity contribution in [3.8, 4) is 0 Å². The fraction of sp³-hybridized carbons (Fsp3) is 0.800. The predicted molar refractivity (Wildman–Crippen MR) is 30.0 cm³/mol. The average Bonchev–Trinajstić information content (AvgIpc) is 1.77. The van der Waals surface area contributed by atoms with Gasteiger partial charge in [0.15, 0.2) is 0 Å². The smallest absolute Gasteiger partial charge is 0.397 e. The van der Waals surface area contributed by atoms with Gasteiger partial charge in [-0.1, -0.05) is 0 Å². The SMILES string of the molecule is O=C([O-])C(CC(F)(F)Cl)C(F)(F)F. The summed E-state index contributed by atoms with van der Waals surface area (Å²) in [7, 11) is 0. The Kier molecular flexibility index (Phi) is 3.48. The van der Waals surface area contributed by atoms with Gasteiger partial charge in [0.2, 0.25) is 0 Å². The van der Waals surface area contributed by atoms with Gasteiger partial charge in [0.25, 0.3) is 0 Å². The summed E-state index contributed by atoms with van der Waals surface area (Å²) in [5.74, 6) is -5.87. The van der Waals surface area contributed by atoms with Crippen LogP contribution in [0.25, 0.3) is 0 Å². The van der Waals surface area contributed by atoms with Crippen LogP contribution in [0.5, 0.6) is 0 Å². The molecule has 0 saturated carbocycles. The Bertz CT molecular complexity index is 196. The van der Waals surface area contributed by atoms with Crippen LogP contribution in [0.3, 0.4) is 0 Å². The molecule has 8 heteroatoms. The number of aliphatic carboxylic acids is 1. The highest BCUT2D eigenvalue weighted by Gasteiger charge is 2.46. The van der Waals surface area contributed by atoms with Crippen LogP contribution >= 0.6 is 11.6 Å². The molecule has 0 aliphatic heterocycles. The third-order valence-electron chi connectivity index (χ3n) is 1.12. The Labute approximate surface area is 74.3 Å². The van der Waals surface area contributed by atoms with Gasteiger partial charge in [0.1, 0.15) is 5.92 Å². The van der Waals surface area contributed by atoms with Crippen molar-refractivity contribution in [2.24, 2.45) is 5.92 Å². The monoisotopic (exact) mass is 225 g/mol. The van der Waals surface area contributed by atoms with Gasteiger partial charge in [-0.3, -0.25) is 0 Å². The summed E-state index contributed by atoms with van der Waals surface area (Å²) in [6.45, 7) is 0. The first-order chi connectivity index (χ1) is 5.54. The lowest BCUT2D eigenvalue weighted by molar-refractivity contribution is -0.328. The molecule has 0 bridgehead atoms. The number of carboxylic acids is 1. The van der Waals surface area contributed by atoms with E-state index in [0.717, 1.165) is 0 Å². The molecule has 78 valence electrons. The van der Waals surface area contributed by atoms with Crippen molar-refractivity contribution >= 4 is 17.6 Å². The molecular weight excluding hydrogens is 222 g/mol. The van der Waals surface area contributed by atoms with E-state index in [1.54, 1.807) is 0 Å².